The van der Waals surface area contributed by atoms with E-state index in [1.165, 1.54) is 148 Å². The number of aliphatic hydroxyl groups excluding tert-OH is 1. The summed E-state index contributed by atoms with van der Waals surface area (Å²) in [5.74, 6) is -2.35. The summed E-state index contributed by atoms with van der Waals surface area (Å²) >= 11 is 0. The fraction of sp³-hybridized carbons (Fsp3) is 0.708. The first kappa shape index (κ1) is 103. The van der Waals surface area contributed by atoms with Crippen LogP contribution in [-0.4, -0.2) is 96.7 Å². The summed E-state index contributed by atoms with van der Waals surface area (Å²) < 4.78 is 68.6. The van der Waals surface area contributed by atoms with Gasteiger partial charge < -0.3 is 33.8 Å². The van der Waals surface area contributed by atoms with Crippen molar-refractivity contribution in [3.8, 4) is 0 Å². The number of ether oxygens (including phenoxy) is 4. The lowest BCUT2D eigenvalue weighted by atomic mass is 10.0. The van der Waals surface area contributed by atoms with Crippen molar-refractivity contribution in [2.75, 3.05) is 39.6 Å². The number of hydrogen-bond donors (Lipinski definition) is 3. The van der Waals surface area contributed by atoms with Gasteiger partial charge in [-0.3, -0.25) is 37.3 Å². The van der Waals surface area contributed by atoms with Gasteiger partial charge >= 0.3 is 39.5 Å². The van der Waals surface area contributed by atoms with Crippen molar-refractivity contribution in [1.82, 2.24) is 0 Å². The monoisotopic (exact) mass is 1560 g/mol. The molecule has 0 aromatic rings. The van der Waals surface area contributed by atoms with E-state index in [4.69, 9.17) is 37.0 Å². The summed E-state index contributed by atoms with van der Waals surface area (Å²) in [6.45, 7) is 4.61. The second-order valence-electron chi connectivity index (χ2n) is 28.1. The highest BCUT2D eigenvalue weighted by Crippen LogP contribution is 2.45. The fourth-order valence-electron chi connectivity index (χ4n) is 11.2. The van der Waals surface area contributed by atoms with Crippen LogP contribution in [0.3, 0.4) is 0 Å². The van der Waals surface area contributed by atoms with Crippen molar-refractivity contribution in [3.63, 3.8) is 0 Å². The molecule has 0 aliphatic rings. The number of allylic oxidation sites excluding steroid dienone is 22. The van der Waals surface area contributed by atoms with E-state index in [0.29, 0.717) is 38.5 Å². The van der Waals surface area contributed by atoms with Gasteiger partial charge in [-0.2, -0.15) is 0 Å². The van der Waals surface area contributed by atoms with Crippen LogP contribution in [0.4, 0.5) is 0 Å². The Morgan fingerprint density at radius 1 is 0.269 bits per heavy atom. The summed E-state index contributed by atoms with van der Waals surface area (Å²) in [7, 11) is -10.0. The van der Waals surface area contributed by atoms with Crippen LogP contribution < -0.4 is 0 Å². The van der Waals surface area contributed by atoms with Gasteiger partial charge in [-0.25, -0.2) is 9.13 Å². The molecule has 0 aromatic carbocycles. The third kappa shape index (κ3) is 79.3. The molecule has 0 heterocycles. The third-order valence-electron chi connectivity index (χ3n) is 17.7. The maximum Gasteiger partial charge on any atom is 0.472 e. The van der Waals surface area contributed by atoms with E-state index in [2.05, 4.69) is 125 Å². The van der Waals surface area contributed by atoms with Crippen molar-refractivity contribution in [2.45, 2.75) is 367 Å². The Morgan fingerprint density at radius 2 is 0.500 bits per heavy atom. The Labute approximate surface area is 656 Å². The number of phosphoric ester groups is 2. The molecule has 620 valence electrons. The van der Waals surface area contributed by atoms with Gasteiger partial charge in [0.1, 0.15) is 19.3 Å². The maximum absolute atomic E-state index is 13.1. The van der Waals surface area contributed by atoms with Crippen LogP contribution in [0, 0.1) is 0 Å². The van der Waals surface area contributed by atoms with E-state index in [1.54, 1.807) is 0 Å². The van der Waals surface area contributed by atoms with Gasteiger partial charge in [0.25, 0.3) is 0 Å². The quantitative estimate of drug-likeness (QED) is 0.0169. The van der Waals surface area contributed by atoms with Crippen molar-refractivity contribution in [3.05, 3.63) is 134 Å². The number of rotatable bonds is 79. The summed E-state index contributed by atoms with van der Waals surface area (Å²) in [4.78, 5) is 73.1. The van der Waals surface area contributed by atoms with Crippen LogP contribution >= 0.6 is 15.6 Å². The number of carbonyl (C=O) groups excluding carboxylic acids is 4. The van der Waals surface area contributed by atoms with Crippen molar-refractivity contribution >= 4 is 39.5 Å². The van der Waals surface area contributed by atoms with E-state index in [9.17, 15) is 43.2 Å². The Hall–Kier alpha value is -4.80. The zero-order valence-corrected chi connectivity index (χ0v) is 69.8. The molecule has 0 aromatic heterocycles. The van der Waals surface area contributed by atoms with Gasteiger partial charge in [-0.15, -0.1) is 0 Å². The zero-order valence-electron chi connectivity index (χ0n) is 68.0. The first-order valence-corrected chi connectivity index (χ1v) is 45.4. The number of aliphatic hydroxyl groups is 1. The van der Waals surface area contributed by atoms with E-state index < -0.39 is 97.5 Å². The molecule has 17 nitrogen and oxygen atoms in total. The van der Waals surface area contributed by atoms with Gasteiger partial charge in [0.05, 0.1) is 26.4 Å². The number of phosphoric acid groups is 2. The van der Waals surface area contributed by atoms with Crippen molar-refractivity contribution < 1.29 is 80.2 Å². The molecule has 108 heavy (non-hydrogen) atoms. The zero-order chi connectivity index (χ0) is 78.9. The molecule has 0 fully saturated rings. The van der Waals surface area contributed by atoms with Crippen LogP contribution in [0.2, 0.25) is 0 Å². The lowest BCUT2D eigenvalue weighted by molar-refractivity contribution is -0.161. The highest BCUT2D eigenvalue weighted by molar-refractivity contribution is 7.47. The summed E-state index contributed by atoms with van der Waals surface area (Å²) in [6, 6.07) is 0. The van der Waals surface area contributed by atoms with Crippen LogP contribution in [0.5, 0.6) is 0 Å². The average molecular weight is 1560 g/mol. The van der Waals surface area contributed by atoms with Crippen LogP contribution in [-0.2, 0) is 65.4 Å². The maximum atomic E-state index is 13.1. The standard InChI is InChI=1S/C89H152O17P2/c1-5-9-13-17-21-25-29-33-37-39-41-43-47-51-55-59-63-67-71-75-88(93)105-84(79-99-86(91)73-69-65-61-57-53-49-45-35-31-27-23-19-15-11-7-3)81-103-107(95,96)101-77-83(90)78-102-108(97,98)104-82-85(80-100-87(92)74-70-66-62-58-54-50-46-36-32-28-24-20-16-12-8-4)106-89(94)76-72-68-64-60-56-52-48-44-42-40-38-34-30-26-22-18-14-10-6-2/h9,13,21-22,25-26,33-34,37-38,41-44,51-52,55-56,63-64,67-68,83-85,90H,5-8,10-12,14-20,23-24,27-32,35-36,39-40,45-50,53-54,57-62,65-66,69-82H2,1-4H3,(H,95,96)(H,97,98)/b13-9-,25-21-,26-22-,37-33-,38-34-,43-41-,44-42-,55-51-,56-52-,67-63-,68-64-/t83-,84-,85-/m1/s1. The summed E-state index contributed by atoms with van der Waals surface area (Å²) in [5, 5.41) is 10.7. The smallest absolute Gasteiger partial charge is 0.462 e. The van der Waals surface area contributed by atoms with E-state index in [0.717, 1.165) is 109 Å². The minimum absolute atomic E-state index is 0.0306. The largest absolute Gasteiger partial charge is 0.472 e. The number of hydrogen-bond acceptors (Lipinski definition) is 15. The van der Waals surface area contributed by atoms with Gasteiger partial charge in [0.15, 0.2) is 12.2 Å². The number of unbranched alkanes of at least 4 members (excludes halogenated alkanes) is 31. The molecule has 0 aliphatic heterocycles. The van der Waals surface area contributed by atoms with Crippen molar-refractivity contribution in [2.24, 2.45) is 0 Å². The minimum atomic E-state index is -5.01. The molecule has 0 aliphatic carbocycles. The first-order valence-electron chi connectivity index (χ1n) is 42.4. The second kappa shape index (κ2) is 80.3. The van der Waals surface area contributed by atoms with Gasteiger partial charge in [-0.05, 0) is 103 Å². The molecule has 2 unspecified atom stereocenters. The third-order valence-corrected chi connectivity index (χ3v) is 19.6. The molecule has 0 rings (SSSR count). The van der Waals surface area contributed by atoms with Crippen LogP contribution in [0.1, 0.15) is 349 Å². The Kier molecular flexibility index (Phi) is 76.7. The van der Waals surface area contributed by atoms with E-state index >= 15 is 0 Å². The van der Waals surface area contributed by atoms with Crippen molar-refractivity contribution in [1.29, 1.82) is 0 Å². The van der Waals surface area contributed by atoms with E-state index in [1.807, 2.05) is 36.5 Å². The molecule has 5 atom stereocenters. The average Bonchev–Trinajstić information content (AvgIpc) is 0.907. The lowest BCUT2D eigenvalue weighted by Gasteiger charge is -2.21. The molecule has 0 saturated heterocycles. The highest BCUT2D eigenvalue weighted by atomic mass is 31.2. The molecule has 0 saturated carbocycles. The number of esters is 4. The van der Waals surface area contributed by atoms with Gasteiger partial charge in [0, 0.05) is 25.7 Å². The Bertz CT molecular complexity index is 2560. The number of carbonyl (C=O) groups is 4. The van der Waals surface area contributed by atoms with Crippen LogP contribution in [0.25, 0.3) is 0 Å². The topological polar surface area (TPSA) is 237 Å². The predicted octanol–water partition coefficient (Wildman–Crippen LogP) is 25.2. The Balaban J connectivity index is 5.50. The highest BCUT2D eigenvalue weighted by Gasteiger charge is 2.30. The second-order valence-corrected chi connectivity index (χ2v) is 31.0. The molecule has 0 bridgehead atoms. The van der Waals surface area contributed by atoms with Gasteiger partial charge in [0.2, 0.25) is 0 Å². The molecular weight excluding hydrogens is 1400 g/mol. The molecule has 0 spiro atoms. The van der Waals surface area contributed by atoms with E-state index in [-0.39, 0.29) is 25.7 Å². The molecule has 0 amide bonds. The molecule has 3 N–H and O–H groups in total. The Morgan fingerprint density at radius 3 is 0.778 bits per heavy atom. The summed E-state index contributed by atoms with van der Waals surface area (Å²) in [5.41, 5.74) is 0. The van der Waals surface area contributed by atoms with Gasteiger partial charge in [-0.1, -0.05) is 354 Å². The SMILES string of the molecule is CC/C=C\C/C=C\C/C=C\C/C=C\C/C=C\C/C=C\CCC(=O)O[C@H](COC(=O)CCCCCCCCCCCCCCCCC)COP(=O)(O)OC[C@@H](O)COP(=O)(O)OC[C@@H](COC(=O)CCCCCCCCCCCCCCCCC)OC(=O)CC/C=C\C/C=C\C/C=C\C/C=C\C/C=C\CCCCC. The molecule has 0 radical (unpaired) electrons. The summed E-state index contributed by atoms with van der Waals surface area (Å²) in [6.07, 6.45) is 91.6. The molecular formula is C89H152O17P2. The lowest BCUT2D eigenvalue weighted by Crippen LogP contribution is -2.30. The predicted molar refractivity (Wildman–Crippen MR) is 445 cm³/mol. The normalized spacial score (nSPS) is 14.5. The fourth-order valence-corrected chi connectivity index (χ4v) is 12.8. The van der Waals surface area contributed by atoms with Crippen LogP contribution in [0.15, 0.2) is 134 Å². The first-order chi connectivity index (χ1) is 52.7. The minimum Gasteiger partial charge on any atom is -0.462 e. The molecule has 19 heteroatoms.